The quantitative estimate of drug-likeness (QED) is 0.800. The standard InChI is InChI=1S/C11H8N2O3/c1-16-9-3-6(4-12)2-8-10(9)7(5-13-8)11(14)15/h2-3,5,13H,1H3,(H,14,15). The fraction of sp³-hybridized carbons (Fsp3) is 0.0909. The van der Waals surface area contributed by atoms with Gasteiger partial charge in [0.05, 0.1) is 35.2 Å². The lowest BCUT2D eigenvalue weighted by atomic mass is 10.1. The SMILES string of the molecule is COc1cc(C#N)cc2[nH]cc(C(=O)O)c12. The molecule has 1 aromatic heterocycles. The number of carboxylic acid groups (broad SMARTS) is 1. The average Bonchev–Trinajstić information content (AvgIpc) is 2.71. The zero-order chi connectivity index (χ0) is 11.7. The highest BCUT2D eigenvalue weighted by molar-refractivity contribution is 6.06. The maximum atomic E-state index is 11.0. The van der Waals surface area contributed by atoms with Gasteiger partial charge in [0.1, 0.15) is 5.75 Å². The van der Waals surface area contributed by atoms with E-state index < -0.39 is 5.97 Å². The Hall–Kier alpha value is -2.48. The summed E-state index contributed by atoms with van der Waals surface area (Å²) in [5, 5.41) is 18.3. The fourth-order valence-electron chi connectivity index (χ4n) is 1.62. The molecule has 0 radical (unpaired) electrons. The van der Waals surface area contributed by atoms with Gasteiger partial charge in [-0.1, -0.05) is 0 Å². The second kappa shape index (κ2) is 3.59. The van der Waals surface area contributed by atoms with Crippen LogP contribution in [0, 0.1) is 11.3 Å². The minimum Gasteiger partial charge on any atom is -0.496 e. The molecule has 0 saturated carbocycles. The van der Waals surface area contributed by atoms with E-state index in [1.54, 1.807) is 6.07 Å². The normalized spacial score (nSPS) is 10.0. The molecule has 0 atom stereocenters. The molecule has 0 aliphatic rings. The number of H-pyrrole nitrogens is 1. The molecule has 0 saturated heterocycles. The van der Waals surface area contributed by atoms with Crippen molar-refractivity contribution in [2.24, 2.45) is 0 Å². The van der Waals surface area contributed by atoms with E-state index in [0.29, 0.717) is 22.2 Å². The second-order valence-corrected chi connectivity index (χ2v) is 3.22. The zero-order valence-electron chi connectivity index (χ0n) is 8.44. The Labute approximate surface area is 90.9 Å². The number of hydrogen-bond donors (Lipinski definition) is 2. The number of nitriles is 1. The number of aromatic nitrogens is 1. The van der Waals surface area contributed by atoms with E-state index in [-0.39, 0.29) is 5.56 Å². The lowest BCUT2D eigenvalue weighted by molar-refractivity contribution is 0.0699. The van der Waals surface area contributed by atoms with Crippen LogP contribution in [0.15, 0.2) is 18.3 Å². The molecule has 0 amide bonds. The van der Waals surface area contributed by atoms with Crippen LogP contribution in [0.25, 0.3) is 10.9 Å². The number of benzene rings is 1. The van der Waals surface area contributed by atoms with E-state index >= 15 is 0 Å². The van der Waals surface area contributed by atoms with Crippen molar-refractivity contribution in [3.8, 4) is 11.8 Å². The lowest BCUT2D eigenvalue weighted by Crippen LogP contribution is -1.95. The predicted molar refractivity (Wildman–Crippen MR) is 56.5 cm³/mol. The average molecular weight is 216 g/mol. The number of aromatic carboxylic acids is 1. The maximum Gasteiger partial charge on any atom is 0.338 e. The topological polar surface area (TPSA) is 86.1 Å². The van der Waals surface area contributed by atoms with Crippen molar-refractivity contribution in [2.45, 2.75) is 0 Å². The van der Waals surface area contributed by atoms with Gasteiger partial charge in [-0.15, -0.1) is 0 Å². The number of hydrogen-bond acceptors (Lipinski definition) is 3. The summed E-state index contributed by atoms with van der Waals surface area (Å²) in [6.07, 6.45) is 1.39. The Kier molecular flexibility index (Phi) is 2.25. The first-order valence-electron chi connectivity index (χ1n) is 4.50. The first-order valence-corrected chi connectivity index (χ1v) is 4.50. The maximum absolute atomic E-state index is 11.0. The molecule has 16 heavy (non-hydrogen) atoms. The van der Waals surface area contributed by atoms with E-state index in [1.807, 2.05) is 6.07 Å². The van der Waals surface area contributed by atoms with Gasteiger partial charge >= 0.3 is 5.97 Å². The van der Waals surface area contributed by atoms with Crippen LogP contribution in [-0.2, 0) is 0 Å². The Morgan fingerprint density at radius 1 is 1.56 bits per heavy atom. The van der Waals surface area contributed by atoms with Crippen LogP contribution in [0.2, 0.25) is 0 Å². The van der Waals surface area contributed by atoms with Gasteiger partial charge in [0.15, 0.2) is 0 Å². The van der Waals surface area contributed by atoms with Crippen LogP contribution < -0.4 is 4.74 Å². The molecule has 1 aromatic carbocycles. The summed E-state index contributed by atoms with van der Waals surface area (Å²) in [4.78, 5) is 13.8. The highest BCUT2D eigenvalue weighted by atomic mass is 16.5. The largest absolute Gasteiger partial charge is 0.496 e. The Bertz CT molecular complexity index is 607. The summed E-state index contributed by atoms with van der Waals surface area (Å²) in [5.74, 6) is -0.651. The summed E-state index contributed by atoms with van der Waals surface area (Å²) >= 11 is 0. The molecule has 5 heteroatoms. The first-order chi connectivity index (χ1) is 7.67. The molecule has 0 aliphatic carbocycles. The third-order valence-corrected chi connectivity index (χ3v) is 2.32. The molecule has 80 valence electrons. The number of methoxy groups -OCH3 is 1. The Morgan fingerprint density at radius 2 is 2.31 bits per heavy atom. The number of nitrogens with one attached hydrogen (secondary N) is 1. The molecule has 5 nitrogen and oxygen atoms in total. The Balaban J connectivity index is 2.83. The molecular weight excluding hydrogens is 208 g/mol. The van der Waals surface area contributed by atoms with Crippen molar-refractivity contribution in [1.29, 1.82) is 5.26 Å². The van der Waals surface area contributed by atoms with E-state index in [4.69, 9.17) is 15.1 Å². The number of carbonyl (C=O) groups is 1. The van der Waals surface area contributed by atoms with Crippen LogP contribution in [-0.4, -0.2) is 23.2 Å². The summed E-state index contributed by atoms with van der Waals surface area (Å²) in [6, 6.07) is 5.09. The highest BCUT2D eigenvalue weighted by Gasteiger charge is 2.15. The van der Waals surface area contributed by atoms with Gasteiger partial charge in [-0.25, -0.2) is 4.79 Å². The van der Waals surface area contributed by atoms with Crippen LogP contribution in [0.4, 0.5) is 0 Å². The second-order valence-electron chi connectivity index (χ2n) is 3.22. The molecule has 0 fully saturated rings. The van der Waals surface area contributed by atoms with E-state index in [9.17, 15) is 4.79 Å². The van der Waals surface area contributed by atoms with E-state index in [1.165, 1.54) is 19.4 Å². The van der Waals surface area contributed by atoms with Crippen molar-refractivity contribution < 1.29 is 14.6 Å². The van der Waals surface area contributed by atoms with Crippen LogP contribution in [0.1, 0.15) is 15.9 Å². The summed E-state index contributed by atoms with van der Waals surface area (Å²) in [6.45, 7) is 0. The van der Waals surface area contributed by atoms with Crippen LogP contribution in [0.3, 0.4) is 0 Å². The molecule has 2 rings (SSSR count). The van der Waals surface area contributed by atoms with Gasteiger partial charge in [-0.05, 0) is 12.1 Å². The monoisotopic (exact) mass is 216 g/mol. The third kappa shape index (κ3) is 1.37. The van der Waals surface area contributed by atoms with Crippen molar-refractivity contribution in [3.05, 3.63) is 29.5 Å². The minimum absolute atomic E-state index is 0.135. The number of carboxylic acids is 1. The van der Waals surface area contributed by atoms with Gasteiger partial charge in [-0.2, -0.15) is 5.26 Å². The van der Waals surface area contributed by atoms with Gasteiger partial charge in [0, 0.05) is 6.20 Å². The van der Waals surface area contributed by atoms with Crippen molar-refractivity contribution in [2.75, 3.05) is 7.11 Å². The van der Waals surface area contributed by atoms with Gasteiger partial charge in [0.2, 0.25) is 0 Å². The van der Waals surface area contributed by atoms with Gasteiger partial charge < -0.3 is 14.8 Å². The minimum atomic E-state index is -1.03. The zero-order valence-corrected chi connectivity index (χ0v) is 8.44. The van der Waals surface area contributed by atoms with E-state index in [0.717, 1.165) is 0 Å². The summed E-state index contributed by atoms with van der Waals surface area (Å²) in [5.41, 5.74) is 1.13. The molecular formula is C11H8N2O3. The van der Waals surface area contributed by atoms with E-state index in [2.05, 4.69) is 4.98 Å². The van der Waals surface area contributed by atoms with Crippen molar-refractivity contribution in [3.63, 3.8) is 0 Å². The number of aromatic amines is 1. The molecule has 0 bridgehead atoms. The highest BCUT2D eigenvalue weighted by Crippen LogP contribution is 2.30. The molecule has 0 aliphatic heterocycles. The number of nitrogens with zero attached hydrogens (tertiary/aromatic N) is 1. The van der Waals surface area contributed by atoms with Gasteiger partial charge in [0.25, 0.3) is 0 Å². The van der Waals surface area contributed by atoms with Crippen molar-refractivity contribution in [1.82, 2.24) is 4.98 Å². The van der Waals surface area contributed by atoms with Gasteiger partial charge in [-0.3, -0.25) is 0 Å². The lowest BCUT2D eigenvalue weighted by Gasteiger charge is -2.03. The molecule has 1 heterocycles. The number of ether oxygens (including phenoxy) is 1. The smallest absolute Gasteiger partial charge is 0.338 e. The van der Waals surface area contributed by atoms with Crippen LogP contribution >= 0.6 is 0 Å². The molecule has 2 aromatic rings. The third-order valence-electron chi connectivity index (χ3n) is 2.32. The molecule has 0 unspecified atom stereocenters. The first kappa shape index (κ1) is 10.1. The summed E-state index contributed by atoms with van der Waals surface area (Å²) in [7, 11) is 1.44. The van der Waals surface area contributed by atoms with Crippen LogP contribution in [0.5, 0.6) is 5.75 Å². The number of rotatable bonds is 2. The number of fused-ring (bicyclic) bond motifs is 1. The molecule has 2 N–H and O–H groups in total. The van der Waals surface area contributed by atoms with Crippen molar-refractivity contribution >= 4 is 16.9 Å². The summed E-state index contributed by atoms with van der Waals surface area (Å²) < 4.78 is 5.08. The fourth-order valence-corrected chi connectivity index (χ4v) is 1.62. The molecule has 0 spiro atoms. The predicted octanol–water partition coefficient (Wildman–Crippen LogP) is 1.75. The Morgan fingerprint density at radius 3 is 2.88 bits per heavy atom.